The molecule has 1 unspecified atom stereocenters. The SMILES string of the molecule is CCCC(=O)c1ccc(OCC(=O)NC(C)CC)c([N+](=O)[O-])c1. The quantitative estimate of drug-likeness (QED) is 0.428. The number of benzene rings is 1. The predicted octanol–water partition coefficient (Wildman–Crippen LogP) is 2.87. The Labute approximate surface area is 135 Å². The zero-order chi connectivity index (χ0) is 17.4. The molecule has 0 heterocycles. The molecule has 0 bridgehead atoms. The molecule has 7 heteroatoms. The zero-order valence-corrected chi connectivity index (χ0v) is 13.6. The fourth-order valence-electron chi connectivity index (χ4n) is 1.89. The van der Waals surface area contributed by atoms with Crippen LogP contribution in [-0.2, 0) is 4.79 Å². The minimum absolute atomic E-state index is 0.00938. The van der Waals surface area contributed by atoms with E-state index in [1.807, 2.05) is 20.8 Å². The van der Waals surface area contributed by atoms with Crippen LogP contribution in [0.3, 0.4) is 0 Å². The smallest absolute Gasteiger partial charge is 0.311 e. The van der Waals surface area contributed by atoms with E-state index in [1.54, 1.807) is 0 Å². The lowest BCUT2D eigenvalue weighted by molar-refractivity contribution is -0.385. The Hall–Kier alpha value is -2.44. The summed E-state index contributed by atoms with van der Waals surface area (Å²) in [5, 5.41) is 13.8. The molecule has 0 aliphatic carbocycles. The molecule has 0 saturated carbocycles. The molecule has 1 aromatic carbocycles. The van der Waals surface area contributed by atoms with Crippen LogP contribution in [0.15, 0.2) is 18.2 Å². The van der Waals surface area contributed by atoms with E-state index in [-0.39, 0.29) is 41.3 Å². The summed E-state index contributed by atoms with van der Waals surface area (Å²) in [4.78, 5) is 34.0. The zero-order valence-electron chi connectivity index (χ0n) is 13.6. The van der Waals surface area contributed by atoms with Gasteiger partial charge in [0.15, 0.2) is 18.1 Å². The highest BCUT2D eigenvalue weighted by Gasteiger charge is 2.19. The summed E-state index contributed by atoms with van der Waals surface area (Å²) < 4.78 is 5.24. The van der Waals surface area contributed by atoms with E-state index in [4.69, 9.17) is 4.74 Å². The van der Waals surface area contributed by atoms with E-state index < -0.39 is 4.92 Å². The molecule has 0 spiro atoms. The minimum atomic E-state index is -0.620. The molecule has 0 saturated heterocycles. The standard InChI is InChI=1S/C16H22N2O5/c1-4-6-14(19)12-7-8-15(13(9-12)18(21)22)23-10-16(20)17-11(3)5-2/h7-9,11H,4-6,10H2,1-3H3,(H,17,20). The first-order valence-electron chi connectivity index (χ1n) is 7.62. The third kappa shape index (κ3) is 5.69. The van der Waals surface area contributed by atoms with Gasteiger partial charge in [-0.1, -0.05) is 13.8 Å². The number of ether oxygens (including phenoxy) is 1. The van der Waals surface area contributed by atoms with Crippen molar-refractivity contribution in [3.8, 4) is 5.75 Å². The Kier molecular flexibility index (Phi) is 7.18. The first-order valence-corrected chi connectivity index (χ1v) is 7.62. The monoisotopic (exact) mass is 322 g/mol. The van der Waals surface area contributed by atoms with Gasteiger partial charge in [-0.2, -0.15) is 0 Å². The topological polar surface area (TPSA) is 98.5 Å². The van der Waals surface area contributed by atoms with Gasteiger partial charge in [0.25, 0.3) is 5.91 Å². The molecular formula is C16H22N2O5. The Balaban J connectivity index is 2.84. The summed E-state index contributed by atoms with van der Waals surface area (Å²) >= 11 is 0. The Morgan fingerprint density at radius 2 is 2.04 bits per heavy atom. The molecule has 1 aromatic rings. The predicted molar refractivity (Wildman–Crippen MR) is 85.7 cm³/mol. The molecule has 1 atom stereocenters. The lowest BCUT2D eigenvalue weighted by Crippen LogP contribution is -2.35. The van der Waals surface area contributed by atoms with Gasteiger partial charge in [-0.25, -0.2) is 0 Å². The van der Waals surface area contributed by atoms with Crippen molar-refractivity contribution in [2.45, 2.75) is 46.1 Å². The van der Waals surface area contributed by atoms with Crippen LogP contribution < -0.4 is 10.1 Å². The highest BCUT2D eigenvalue weighted by atomic mass is 16.6. The van der Waals surface area contributed by atoms with Crippen molar-refractivity contribution in [2.75, 3.05) is 6.61 Å². The molecule has 7 nitrogen and oxygen atoms in total. The van der Waals surface area contributed by atoms with Gasteiger partial charge in [0.1, 0.15) is 0 Å². The molecule has 1 rings (SSSR count). The number of nitrogens with one attached hydrogen (secondary N) is 1. The number of carbonyl (C=O) groups excluding carboxylic acids is 2. The highest BCUT2D eigenvalue weighted by molar-refractivity contribution is 5.96. The van der Waals surface area contributed by atoms with Crippen molar-refractivity contribution in [3.05, 3.63) is 33.9 Å². The van der Waals surface area contributed by atoms with Crippen LogP contribution >= 0.6 is 0 Å². The highest BCUT2D eigenvalue weighted by Crippen LogP contribution is 2.28. The Bertz CT molecular complexity index is 586. The molecule has 0 radical (unpaired) electrons. The van der Waals surface area contributed by atoms with Crippen LogP contribution in [0.1, 0.15) is 50.4 Å². The second-order valence-electron chi connectivity index (χ2n) is 5.28. The molecule has 1 amide bonds. The van der Waals surface area contributed by atoms with Crippen LogP contribution in [0.2, 0.25) is 0 Å². The number of amides is 1. The second kappa shape index (κ2) is 8.87. The van der Waals surface area contributed by atoms with Crippen molar-refractivity contribution in [3.63, 3.8) is 0 Å². The van der Waals surface area contributed by atoms with E-state index in [1.165, 1.54) is 18.2 Å². The number of hydrogen-bond donors (Lipinski definition) is 1. The number of ketones is 1. The van der Waals surface area contributed by atoms with Crippen molar-refractivity contribution >= 4 is 17.4 Å². The van der Waals surface area contributed by atoms with Gasteiger partial charge in [-0.3, -0.25) is 19.7 Å². The van der Waals surface area contributed by atoms with Crippen molar-refractivity contribution in [1.29, 1.82) is 0 Å². The third-order valence-electron chi connectivity index (χ3n) is 3.33. The summed E-state index contributed by atoms with van der Waals surface area (Å²) in [6.45, 7) is 5.34. The fourth-order valence-corrected chi connectivity index (χ4v) is 1.89. The summed E-state index contributed by atoms with van der Waals surface area (Å²) in [5.41, 5.74) is -0.0433. The van der Waals surface area contributed by atoms with E-state index in [0.29, 0.717) is 12.8 Å². The lowest BCUT2D eigenvalue weighted by atomic mass is 10.1. The summed E-state index contributed by atoms with van der Waals surface area (Å²) in [7, 11) is 0. The van der Waals surface area contributed by atoms with Gasteiger partial charge in [-0.15, -0.1) is 0 Å². The average molecular weight is 322 g/mol. The number of nitro benzene ring substituents is 1. The number of Topliss-reactive ketones (excluding diaryl/α,β-unsaturated/α-hetero) is 1. The minimum Gasteiger partial charge on any atom is -0.477 e. The number of rotatable bonds is 9. The second-order valence-corrected chi connectivity index (χ2v) is 5.28. The largest absolute Gasteiger partial charge is 0.477 e. The average Bonchev–Trinajstić information content (AvgIpc) is 2.52. The maximum atomic E-state index is 11.8. The number of carbonyl (C=O) groups is 2. The van der Waals surface area contributed by atoms with E-state index in [0.717, 1.165) is 6.42 Å². The van der Waals surface area contributed by atoms with Gasteiger partial charge in [0.2, 0.25) is 0 Å². The molecule has 0 aromatic heterocycles. The van der Waals surface area contributed by atoms with Gasteiger partial charge in [0.05, 0.1) is 4.92 Å². The van der Waals surface area contributed by atoms with Gasteiger partial charge in [-0.05, 0) is 31.9 Å². The molecule has 126 valence electrons. The van der Waals surface area contributed by atoms with E-state index in [2.05, 4.69) is 5.32 Å². The van der Waals surface area contributed by atoms with Crippen LogP contribution in [-0.4, -0.2) is 29.3 Å². The molecule has 0 aliphatic rings. The van der Waals surface area contributed by atoms with Gasteiger partial charge in [0, 0.05) is 24.1 Å². The molecular weight excluding hydrogens is 300 g/mol. The first kappa shape index (κ1) is 18.6. The maximum absolute atomic E-state index is 11.8. The number of hydrogen-bond acceptors (Lipinski definition) is 5. The van der Waals surface area contributed by atoms with Crippen LogP contribution in [0, 0.1) is 10.1 Å². The molecule has 0 fully saturated rings. The summed E-state index contributed by atoms with van der Waals surface area (Å²) in [6.07, 6.45) is 1.77. The first-order chi connectivity index (χ1) is 10.9. The van der Waals surface area contributed by atoms with Crippen LogP contribution in [0.5, 0.6) is 5.75 Å². The summed E-state index contributed by atoms with van der Waals surface area (Å²) in [5.74, 6) is -0.529. The Morgan fingerprint density at radius 3 is 2.61 bits per heavy atom. The summed E-state index contributed by atoms with van der Waals surface area (Å²) in [6, 6.07) is 4.04. The van der Waals surface area contributed by atoms with Gasteiger partial charge >= 0.3 is 5.69 Å². The van der Waals surface area contributed by atoms with E-state index in [9.17, 15) is 19.7 Å². The Morgan fingerprint density at radius 1 is 1.35 bits per heavy atom. The maximum Gasteiger partial charge on any atom is 0.311 e. The van der Waals surface area contributed by atoms with Crippen LogP contribution in [0.4, 0.5) is 5.69 Å². The van der Waals surface area contributed by atoms with Crippen molar-refractivity contribution in [1.82, 2.24) is 5.32 Å². The van der Waals surface area contributed by atoms with Crippen LogP contribution in [0.25, 0.3) is 0 Å². The normalized spacial score (nSPS) is 11.6. The third-order valence-corrected chi connectivity index (χ3v) is 3.33. The molecule has 1 N–H and O–H groups in total. The van der Waals surface area contributed by atoms with Crippen molar-refractivity contribution < 1.29 is 19.2 Å². The number of nitrogens with zero attached hydrogens (tertiary/aromatic N) is 1. The van der Waals surface area contributed by atoms with Gasteiger partial charge < -0.3 is 10.1 Å². The lowest BCUT2D eigenvalue weighted by Gasteiger charge is -2.12. The molecule has 0 aliphatic heterocycles. The molecule has 23 heavy (non-hydrogen) atoms. The number of nitro groups is 1. The fraction of sp³-hybridized carbons (Fsp3) is 0.500. The van der Waals surface area contributed by atoms with E-state index >= 15 is 0 Å². The van der Waals surface area contributed by atoms with Crippen molar-refractivity contribution in [2.24, 2.45) is 0 Å².